The standard InChI is InChI=1S/C22H31N5O/c1-17(19-10-6-5-7-11-19)14-24-22(23-2)25-15-18-9-8-12-20(13-18)26-21(28)16-27(3)4/h5-13,17H,14-16H2,1-4H3,(H,26,28)(H2,23,24,25). The summed E-state index contributed by atoms with van der Waals surface area (Å²) in [5.74, 6) is 1.11. The number of likely N-dealkylation sites (N-methyl/N-ethyl adjacent to an activating group) is 1. The first kappa shape index (κ1) is 21.4. The minimum absolute atomic E-state index is 0.0255. The predicted molar refractivity (Wildman–Crippen MR) is 117 cm³/mol. The monoisotopic (exact) mass is 381 g/mol. The van der Waals surface area contributed by atoms with E-state index < -0.39 is 0 Å². The molecule has 0 aliphatic carbocycles. The van der Waals surface area contributed by atoms with Crippen LogP contribution in [0.2, 0.25) is 0 Å². The van der Waals surface area contributed by atoms with E-state index in [0.29, 0.717) is 19.0 Å². The van der Waals surface area contributed by atoms with Crippen molar-refractivity contribution in [3.8, 4) is 0 Å². The Labute approximate surface area is 168 Å². The molecule has 0 bridgehead atoms. The van der Waals surface area contributed by atoms with Gasteiger partial charge in [0.25, 0.3) is 0 Å². The molecule has 2 rings (SSSR count). The van der Waals surface area contributed by atoms with Crippen LogP contribution in [0.4, 0.5) is 5.69 Å². The van der Waals surface area contributed by atoms with Crippen molar-refractivity contribution >= 4 is 17.6 Å². The molecule has 2 aromatic rings. The molecule has 1 atom stereocenters. The maximum atomic E-state index is 11.9. The number of carbonyl (C=O) groups is 1. The summed E-state index contributed by atoms with van der Waals surface area (Å²) in [6.07, 6.45) is 0. The van der Waals surface area contributed by atoms with Gasteiger partial charge in [0, 0.05) is 25.8 Å². The summed E-state index contributed by atoms with van der Waals surface area (Å²) in [7, 11) is 5.51. The summed E-state index contributed by atoms with van der Waals surface area (Å²) >= 11 is 0. The number of hydrogen-bond acceptors (Lipinski definition) is 3. The van der Waals surface area contributed by atoms with Gasteiger partial charge in [0.05, 0.1) is 6.54 Å². The molecule has 0 spiro atoms. The van der Waals surface area contributed by atoms with E-state index in [0.717, 1.165) is 23.8 Å². The minimum atomic E-state index is -0.0255. The molecular formula is C22H31N5O. The van der Waals surface area contributed by atoms with Crippen LogP contribution in [0.25, 0.3) is 0 Å². The van der Waals surface area contributed by atoms with E-state index in [4.69, 9.17) is 0 Å². The highest BCUT2D eigenvalue weighted by Gasteiger charge is 2.07. The van der Waals surface area contributed by atoms with Crippen LogP contribution in [0.1, 0.15) is 24.0 Å². The van der Waals surface area contributed by atoms with E-state index >= 15 is 0 Å². The van der Waals surface area contributed by atoms with Crippen molar-refractivity contribution in [1.82, 2.24) is 15.5 Å². The lowest BCUT2D eigenvalue weighted by Crippen LogP contribution is -2.38. The number of hydrogen-bond donors (Lipinski definition) is 3. The van der Waals surface area contributed by atoms with Crippen LogP contribution in [0.15, 0.2) is 59.6 Å². The Morgan fingerprint density at radius 2 is 1.82 bits per heavy atom. The van der Waals surface area contributed by atoms with Crippen molar-refractivity contribution in [2.24, 2.45) is 4.99 Å². The van der Waals surface area contributed by atoms with Crippen molar-refractivity contribution < 1.29 is 4.79 Å². The number of rotatable bonds is 8. The molecule has 0 aliphatic heterocycles. The van der Waals surface area contributed by atoms with Crippen LogP contribution in [-0.2, 0) is 11.3 Å². The number of nitrogens with one attached hydrogen (secondary N) is 3. The number of nitrogens with zero attached hydrogens (tertiary/aromatic N) is 2. The Kier molecular flexibility index (Phi) is 8.49. The summed E-state index contributed by atoms with van der Waals surface area (Å²) in [4.78, 5) is 18.0. The lowest BCUT2D eigenvalue weighted by molar-refractivity contribution is -0.116. The van der Waals surface area contributed by atoms with Gasteiger partial charge in [-0.2, -0.15) is 0 Å². The maximum Gasteiger partial charge on any atom is 0.238 e. The number of benzene rings is 2. The van der Waals surface area contributed by atoms with Crippen molar-refractivity contribution in [2.45, 2.75) is 19.4 Å². The fourth-order valence-electron chi connectivity index (χ4n) is 2.80. The lowest BCUT2D eigenvalue weighted by Gasteiger charge is -2.17. The highest BCUT2D eigenvalue weighted by atomic mass is 16.2. The molecule has 0 fully saturated rings. The van der Waals surface area contributed by atoms with E-state index in [9.17, 15) is 4.79 Å². The molecule has 6 nitrogen and oxygen atoms in total. The third kappa shape index (κ3) is 7.40. The van der Waals surface area contributed by atoms with Gasteiger partial charge in [0.2, 0.25) is 5.91 Å². The van der Waals surface area contributed by atoms with E-state index in [1.54, 1.807) is 7.05 Å². The Morgan fingerprint density at radius 1 is 1.07 bits per heavy atom. The van der Waals surface area contributed by atoms with Crippen molar-refractivity contribution in [2.75, 3.05) is 39.5 Å². The number of aliphatic imine (C=N–C) groups is 1. The van der Waals surface area contributed by atoms with E-state index in [1.165, 1.54) is 5.56 Å². The first-order valence-corrected chi connectivity index (χ1v) is 9.51. The average molecular weight is 382 g/mol. The zero-order valence-electron chi connectivity index (χ0n) is 17.2. The average Bonchev–Trinajstić information content (AvgIpc) is 2.68. The third-order valence-electron chi connectivity index (χ3n) is 4.30. The van der Waals surface area contributed by atoms with Crippen LogP contribution in [0, 0.1) is 0 Å². The number of carbonyl (C=O) groups excluding carboxylic acids is 1. The molecule has 2 aromatic carbocycles. The molecule has 1 unspecified atom stereocenters. The fourth-order valence-corrected chi connectivity index (χ4v) is 2.80. The zero-order chi connectivity index (χ0) is 20.4. The maximum absolute atomic E-state index is 11.9. The second kappa shape index (κ2) is 11.1. The van der Waals surface area contributed by atoms with Crippen LogP contribution >= 0.6 is 0 Å². The van der Waals surface area contributed by atoms with Gasteiger partial charge in [0.15, 0.2) is 5.96 Å². The fraction of sp³-hybridized carbons (Fsp3) is 0.364. The Balaban J connectivity index is 1.84. The molecule has 28 heavy (non-hydrogen) atoms. The second-order valence-corrected chi connectivity index (χ2v) is 7.10. The van der Waals surface area contributed by atoms with Gasteiger partial charge in [-0.1, -0.05) is 49.4 Å². The molecule has 0 saturated heterocycles. The summed E-state index contributed by atoms with van der Waals surface area (Å²) in [6, 6.07) is 18.3. The van der Waals surface area contributed by atoms with E-state index in [2.05, 4.69) is 52.1 Å². The Hall–Kier alpha value is -2.86. The molecule has 0 aliphatic rings. The van der Waals surface area contributed by atoms with Gasteiger partial charge < -0.3 is 20.9 Å². The molecule has 0 aromatic heterocycles. The van der Waals surface area contributed by atoms with Crippen LogP contribution < -0.4 is 16.0 Å². The largest absolute Gasteiger partial charge is 0.356 e. The molecule has 0 saturated carbocycles. The van der Waals surface area contributed by atoms with Gasteiger partial charge in [-0.3, -0.25) is 9.79 Å². The molecule has 150 valence electrons. The number of anilines is 1. The molecule has 3 N–H and O–H groups in total. The van der Waals surface area contributed by atoms with Crippen LogP contribution in [0.5, 0.6) is 0 Å². The number of amides is 1. The molecule has 6 heteroatoms. The normalized spacial score (nSPS) is 12.5. The molecule has 0 heterocycles. The zero-order valence-corrected chi connectivity index (χ0v) is 17.2. The van der Waals surface area contributed by atoms with Gasteiger partial charge in [-0.15, -0.1) is 0 Å². The SMILES string of the molecule is CN=C(NCc1cccc(NC(=O)CN(C)C)c1)NCC(C)c1ccccc1. The quantitative estimate of drug-likeness (QED) is 0.486. The van der Waals surface area contributed by atoms with Crippen molar-refractivity contribution in [1.29, 1.82) is 0 Å². The van der Waals surface area contributed by atoms with Gasteiger partial charge in [-0.25, -0.2) is 0 Å². The van der Waals surface area contributed by atoms with Crippen molar-refractivity contribution in [3.05, 3.63) is 65.7 Å². The predicted octanol–water partition coefficient (Wildman–Crippen LogP) is 2.66. The highest BCUT2D eigenvalue weighted by molar-refractivity contribution is 5.92. The molecular weight excluding hydrogens is 350 g/mol. The second-order valence-electron chi connectivity index (χ2n) is 7.10. The smallest absolute Gasteiger partial charge is 0.238 e. The Morgan fingerprint density at radius 3 is 2.50 bits per heavy atom. The Bertz CT molecular complexity index is 774. The highest BCUT2D eigenvalue weighted by Crippen LogP contribution is 2.13. The summed E-state index contributed by atoms with van der Waals surface area (Å²) in [6.45, 7) is 3.97. The first-order valence-electron chi connectivity index (χ1n) is 9.51. The molecule has 1 amide bonds. The minimum Gasteiger partial charge on any atom is -0.356 e. The van der Waals surface area contributed by atoms with Gasteiger partial charge in [0.1, 0.15) is 0 Å². The summed E-state index contributed by atoms with van der Waals surface area (Å²) in [5, 5.41) is 9.61. The first-order chi connectivity index (χ1) is 13.5. The summed E-state index contributed by atoms with van der Waals surface area (Å²) in [5.41, 5.74) is 3.17. The lowest BCUT2D eigenvalue weighted by atomic mass is 10.0. The topological polar surface area (TPSA) is 68.8 Å². The summed E-state index contributed by atoms with van der Waals surface area (Å²) < 4.78 is 0. The van der Waals surface area contributed by atoms with Crippen LogP contribution in [-0.4, -0.2) is 51.0 Å². The van der Waals surface area contributed by atoms with Crippen molar-refractivity contribution in [3.63, 3.8) is 0 Å². The van der Waals surface area contributed by atoms with E-state index in [1.807, 2.05) is 49.3 Å². The van der Waals surface area contributed by atoms with Gasteiger partial charge in [-0.05, 0) is 43.3 Å². The van der Waals surface area contributed by atoms with Gasteiger partial charge >= 0.3 is 0 Å². The molecule has 0 radical (unpaired) electrons. The van der Waals surface area contributed by atoms with E-state index in [-0.39, 0.29) is 5.91 Å². The van der Waals surface area contributed by atoms with Crippen LogP contribution in [0.3, 0.4) is 0 Å². The number of guanidine groups is 1. The third-order valence-corrected chi connectivity index (χ3v) is 4.30.